The Morgan fingerprint density at radius 1 is 1.38 bits per heavy atom. The fraction of sp³-hybridized carbons (Fsp3) is 0.500. The van der Waals surface area contributed by atoms with Crippen molar-refractivity contribution in [1.29, 1.82) is 0 Å². The van der Waals surface area contributed by atoms with Crippen LogP contribution in [-0.4, -0.2) is 30.1 Å². The first-order valence-corrected chi connectivity index (χ1v) is 8.95. The molecule has 0 atom stereocenters. The molecule has 1 saturated carbocycles. The smallest absolute Gasteiger partial charge is 0.342 e. The fourth-order valence-electron chi connectivity index (χ4n) is 3.24. The summed E-state index contributed by atoms with van der Waals surface area (Å²) in [7, 11) is 1.55. The molecule has 0 unspecified atom stereocenters. The van der Waals surface area contributed by atoms with E-state index in [4.69, 9.17) is 9.47 Å². The first-order chi connectivity index (χ1) is 12.4. The van der Waals surface area contributed by atoms with Gasteiger partial charge in [0.15, 0.2) is 0 Å². The number of ether oxygens (including phenoxy) is 2. The lowest BCUT2D eigenvalue weighted by Crippen LogP contribution is -2.24. The van der Waals surface area contributed by atoms with E-state index in [0.717, 1.165) is 24.0 Å². The Hall–Kier alpha value is -2.50. The number of carbonyl (C=O) groups is 2. The van der Waals surface area contributed by atoms with Crippen molar-refractivity contribution in [1.82, 2.24) is 5.32 Å². The van der Waals surface area contributed by atoms with Crippen LogP contribution in [0.3, 0.4) is 0 Å². The zero-order chi connectivity index (χ0) is 18.8. The molecule has 1 aromatic rings. The van der Waals surface area contributed by atoms with Gasteiger partial charge in [0.1, 0.15) is 23.7 Å². The van der Waals surface area contributed by atoms with Gasteiger partial charge in [0.05, 0.1) is 7.11 Å². The Bertz CT molecular complexity index is 777. The molecule has 1 aliphatic heterocycles. The van der Waals surface area contributed by atoms with Crippen LogP contribution in [0.4, 0.5) is 0 Å². The fourth-order valence-corrected chi connectivity index (χ4v) is 3.24. The number of fused-ring (bicyclic) bond motifs is 1. The Kier molecular flexibility index (Phi) is 5.20. The molecule has 1 fully saturated rings. The minimum absolute atomic E-state index is 0.0690. The number of carbonyl (C=O) groups excluding carboxylic acids is 2. The predicted octanol–water partition coefficient (Wildman–Crippen LogP) is 2.93. The molecule has 0 bridgehead atoms. The average Bonchev–Trinajstić information content (AvgIpc) is 3.33. The summed E-state index contributed by atoms with van der Waals surface area (Å²) in [5, 5.41) is 13.6. The van der Waals surface area contributed by atoms with Crippen LogP contribution in [-0.2, 0) is 22.6 Å². The van der Waals surface area contributed by atoms with Crippen LogP contribution in [0.15, 0.2) is 11.6 Å². The van der Waals surface area contributed by atoms with E-state index in [2.05, 4.69) is 5.32 Å². The SMILES string of the molecule is COc1c(C)c2c(c(O)c1C/C=C(\C)CCC(=O)NC1CC1)C(=O)OC2. The number of hydrogen-bond acceptors (Lipinski definition) is 5. The lowest BCUT2D eigenvalue weighted by atomic mass is 9.94. The van der Waals surface area contributed by atoms with E-state index in [-0.39, 0.29) is 23.8 Å². The summed E-state index contributed by atoms with van der Waals surface area (Å²) in [4.78, 5) is 23.7. The third kappa shape index (κ3) is 3.69. The van der Waals surface area contributed by atoms with Gasteiger partial charge in [-0.1, -0.05) is 11.6 Å². The molecule has 6 nitrogen and oxygen atoms in total. The van der Waals surface area contributed by atoms with Gasteiger partial charge >= 0.3 is 5.97 Å². The number of phenols is 1. The molecule has 2 N–H and O–H groups in total. The maximum atomic E-state index is 11.9. The molecule has 0 radical (unpaired) electrons. The Morgan fingerprint density at radius 2 is 2.12 bits per heavy atom. The molecule has 140 valence electrons. The highest BCUT2D eigenvalue weighted by atomic mass is 16.5. The molecule has 0 aromatic heterocycles. The minimum Gasteiger partial charge on any atom is -0.507 e. The highest BCUT2D eigenvalue weighted by Crippen LogP contribution is 2.42. The van der Waals surface area contributed by atoms with Gasteiger partial charge < -0.3 is 19.9 Å². The quantitative estimate of drug-likeness (QED) is 0.578. The minimum atomic E-state index is -0.498. The Balaban J connectivity index is 1.74. The van der Waals surface area contributed by atoms with E-state index < -0.39 is 5.97 Å². The molecule has 1 aliphatic carbocycles. The van der Waals surface area contributed by atoms with E-state index in [1.807, 2.05) is 19.9 Å². The highest BCUT2D eigenvalue weighted by Gasteiger charge is 2.31. The van der Waals surface area contributed by atoms with Crippen LogP contribution in [0.5, 0.6) is 11.5 Å². The Morgan fingerprint density at radius 3 is 2.77 bits per heavy atom. The molecule has 0 saturated heterocycles. The Labute approximate surface area is 153 Å². The molecule has 2 aliphatic rings. The zero-order valence-electron chi connectivity index (χ0n) is 15.5. The van der Waals surface area contributed by atoms with Crippen molar-refractivity contribution in [3.05, 3.63) is 33.9 Å². The van der Waals surface area contributed by atoms with Crippen molar-refractivity contribution in [2.45, 2.75) is 58.6 Å². The van der Waals surface area contributed by atoms with Gasteiger partial charge in [-0.05, 0) is 45.1 Å². The number of amides is 1. The van der Waals surface area contributed by atoms with Crippen LogP contribution >= 0.6 is 0 Å². The number of esters is 1. The number of methoxy groups -OCH3 is 1. The maximum absolute atomic E-state index is 11.9. The van der Waals surface area contributed by atoms with Gasteiger partial charge in [-0.15, -0.1) is 0 Å². The van der Waals surface area contributed by atoms with Gasteiger partial charge in [0.2, 0.25) is 5.91 Å². The molecule has 1 amide bonds. The number of allylic oxidation sites excluding steroid dienone is 2. The molecule has 1 heterocycles. The second-order valence-electron chi connectivity index (χ2n) is 7.01. The monoisotopic (exact) mass is 359 g/mol. The molecule has 0 spiro atoms. The maximum Gasteiger partial charge on any atom is 0.342 e. The summed E-state index contributed by atoms with van der Waals surface area (Å²) in [6.45, 7) is 3.99. The van der Waals surface area contributed by atoms with E-state index in [0.29, 0.717) is 42.2 Å². The largest absolute Gasteiger partial charge is 0.507 e. The van der Waals surface area contributed by atoms with Crippen LogP contribution in [0, 0.1) is 6.92 Å². The van der Waals surface area contributed by atoms with Crippen molar-refractivity contribution in [2.24, 2.45) is 0 Å². The van der Waals surface area contributed by atoms with Gasteiger partial charge in [-0.25, -0.2) is 4.79 Å². The van der Waals surface area contributed by atoms with Crippen molar-refractivity contribution in [3.8, 4) is 11.5 Å². The third-order valence-corrected chi connectivity index (χ3v) is 4.99. The second kappa shape index (κ2) is 7.40. The summed E-state index contributed by atoms with van der Waals surface area (Å²) >= 11 is 0. The highest BCUT2D eigenvalue weighted by molar-refractivity contribution is 5.98. The van der Waals surface area contributed by atoms with Crippen molar-refractivity contribution >= 4 is 11.9 Å². The van der Waals surface area contributed by atoms with Gasteiger partial charge in [0.25, 0.3) is 0 Å². The van der Waals surface area contributed by atoms with Crippen LogP contribution < -0.4 is 10.1 Å². The molecule has 3 rings (SSSR count). The summed E-state index contributed by atoms with van der Waals surface area (Å²) in [6, 6.07) is 0.377. The molecule has 26 heavy (non-hydrogen) atoms. The summed E-state index contributed by atoms with van der Waals surface area (Å²) in [6.07, 6.45) is 5.67. The second-order valence-corrected chi connectivity index (χ2v) is 7.01. The average molecular weight is 359 g/mol. The van der Waals surface area contributed by atoms with Gasteiger partial charge in [-0.3, -0.25) is 4.79 Å². The van der Waals surface area contributed by atoms with E-state index in [1.165, 1.54) is 0 Å². The first-order valence-electron chi connectivity index (χ1n) is 8.95. The number of aromatic hydroxyl groups is 1. The van der Waals surface area contributed by atoms with Crippen LogP contribution in [0.1, 0.15) is 59.7 Å². The topological polar surface area (TPSA) is 84.9 Å². The van der Waals surface area contributed by atoms with Crippen molar-refractivity contribution < 1.29 is 24.2 Å². The van der Waals surface area contributed by atoms with Crippen molar-refractivity contribution in [3.63, 3.8) is 0 Å². The zero-order valence-corrected chi connectivity index (χ0v) is 15.5. The summed E-state index contributed by atoms with van der Waals surface area (Å²) < 4.78 is 10.5. The van der Waals surface area contributed by atoms with Crippen LogP contribution in [0.2, 0.25) is 0 Å². The van der Waals surface area contributed by atoms with E-state index in [9.17, 15) is 14.7 Å². The number of hydrogen-bond donors (Lipinski definition) is 2. The lowest BCUT2D eigenvalue weighted by molar-refractivity contribution is -0.121. The number of phenolic OH excluding ortho intramolecular Hbond substituents is 1. The summed E-state index contributed by atoms with van der Waals surface area (Å²) in [5.74, 6) is 0.0919. The first kappa shape index (κ1) is 18.3. The lowest BCUT2D eigenvalue weighted by Gasteiger charge is -2.15. The van der Waals surface area contributed by atoms with E-state index >= 15 is 0 Å². The normalized spacial score (nSPS) is 16.3. The number of cyclic esters (lactones) is 1. The van der Waals surface area contributed by atoms with E-state index in [1.54, 1.807) is 7.11 Å². The van der Waals surface area contributed by atoms with Gasteiger partial charge in [-0.2, -0.15) is 0 Å². The molecule has 6 heteroatoms. The number of rotatable bonds is 7. The van der Waals surface area contributed by atoms with Gasteiger partial charge in [0, 0.05) is 23.6 Å². The number of benzene rings is 1. The molecular formula is C20H25NO5. The summed E-state index contributed by atoms with van der Waals surface area (Å²) in [5.41, 5.74) is 3.37. The third-order valence-electron chi connectivity index (χ3n) is 4.99. The molecule has 1 aromatic carbocycles. The molecular weight excluding hydrogens is 334 g/mol. The standard InChI is InChI=1S/C20H25NO5/c1-11(5-9-16(22)21-13-6-7-13)4-8-14-18(23)17-15(10-26-20(17)24)12(2)19(14)25-3/h4,13,23H,5-10H2,1-3H3,(H,21,22)/b11-4+. The van der Waals surface area contributed by atoms with Crippen LogP contribution in [0.25, 0.3) is 0 Å². The number of nitrogens with one attached hydrogen (secondary N) is 1. The predicted molar refractivity (Wildman–Crippen MR) is 96.4 cm³/mol. The van der Waals surface area contributed by atoms with Crippen molar-refractivity contribution in [2.75, 3.05) is 7.11 Å².